The fourth-order valence-corrected chi connectivity index (χ4v) is 4.76. The Morgan fingerprint density at radius 1 is 1.19 bits per heavy atom. The molecule has 1 aliphatic rings. The molecular weight excluding hydrogens is 424 g/mol. The molecule has 0 radical (unpaired) electrons. The predicted octanol–water partition coefficient (Wildman–Crippen LogP) is 1.85. The van der Waals surface area contributed by atoms with Crippen LogP contribution < -0.4 is 14.8 Å². The molecule has 9 nitrogen and oxygen atoms in total. The van der Waals surface area contributed by atoms with Gasteiger partial charge in [0.2, 0.25) is 10.0 Å². The zero-order chi connectivity index (χ0) is 22.4. The summed E-state index contributed by atoms with van der Waals surface area (Å²) in [6.07, 6.45) is 0.610. The van der Waals surface area contributed by atoms with Crippen LogP contribution in [0.3, 0.4) is 0 Å². The van der Waals surface area contributed by atoms with E-state index in [0.717, 1.165) is 0 Å². The highest BCUT2D eigenvalue weighted by atomic mass is 32.2. The molecular formula is C21H24N2O7S. The molecule has 0 bridgehead atoms. The maximum atomic E-state index is 13.0. The Balaban J connectivity index is 1.70. The summed E-state index contributed by atoms with van der Waals surface area (Å²) < 4.78 is 43.0. The van der Waals surface area contributed by atoms with Crippen LogP contribution in [-0.4, -0.2) is 64.9 Å². The van der Waals surface area contributed by atoms with Crippen molar-refractivity contribution in [3.8, 4) is 11.5 Å². The number of benzene rings is 2. The van der Waals surface area contributed by atoms with Gasteiger partial charge in [-0.25, -0.2) is 8.42 Å². The van der Waals surface area contributed by atoms with Crippen LogP contribution in [0.15, 0.2) is 41.3 Å². The molecule has 1 heterocycles. The number of nitrogens with one attached hydrogen (secondary N) is 1. The molecule has 31 heavy (non-hydrogen) atoms. The first-order valence-corrected chi connectivity index (χ1v) is 11.0. The Hall–Kier alpha value is -2.95. The summed E-state index contributed by atoms with van der Waals surface area (Å²) in [7, 11) is -2.22. The molecule has 1 saturated heterocycles. The number of amides is 1. The van der Waals surface area contributed by atoms with E-state index in [9.17, 15) is 18.0 Å². The Bertz CT molecular complexity index is 1060. The second-order valence-corrected chi connectivity index (χ2v) is 8.76. The third-order valence-electron chi connectivity index (χ3n) is 4.76. The SMILES string of the molecule is COc1ccc(OCC(=O)Nc2ccc(C)c(S(=O)(=O)N3CCOCC3)c2)c(C=O)c1. The van der Waals surface area contributed by atoms with Gasteiger partial charge in [-0.15, -0.1) is 0 Å². The van der Waals surface area contributed by atoms with E-state index in [0.29, 0.717) is 36.5 Å². The van der Waals surface area contributed by atoms with Crippen LogP contribution in [0, 0.1) is 6.92 Å². The molecule has 0 saturated carbocycles. The topological polar surface area (TPSA) is 111 Å². The number of carbonyl (C=O) groups excluding carboxylic acids is 2. The number of morpholine rings is 1. The zero-order valence-corrected chi connectivity index (χ0v) is 18.1. The molecule has 0 spiro atoms. The van der Waals surface area contributed by atoms with Crippen LogP contribution in [0.2, 0.25) is 0 Å². The normalized spacial score (nSPS) is 14.6. The molecule has 0 unspecified atom stereocenters. The van der Waals surface area contributed by atoms with E-state index < -0.39 is 15.9 Å². The van der Waals surface area contributed by atoms with Gasteiger partial charge in [-0.3, -0.25) is 9.59 Å². The minimum atomic E-state index is -3.70. The van der Waals surface area contributed by atoms with E-state index in [4.69, 9.17) is 14.2 Å². The van der Waals surface area contributed by atoms with Gasteiger partial charge in [-0.1, -0.05) is 6.07 Å². The number of nitrogens with zero attached hydrogens (tertiary/aromatic N) is 1. The van der Waals surface area contributed by atoms with Gasteiger partial charge in [0.05, 0.1) is 30.8 Å². The Kier molecular flexibility index (Phi) is 7.26. The number of hydrogen-bond acceptors (Lipinski definition) is 7. The van der Waals surface area contributed by atoms with Crippen molar-refractivity contribution in [2.24, 2.45) is 0 Å². The van der Waals surface area contributed by atoms with Gasteiger partial charge in [-0.2, -0.15) is 4.31 Å². The van der Waals surface area contributed by atoms with Crippen LogP contribution in [-0.2, 0) is 19.6 Å². The summed E-state index contributed by atoms with van der Waals surface area (Å²) in [6, 6.07) is 9.34. The van der Waals surface area contributed by atoms with Crippen LogP contribution in [0.25, 0.3) is 0 Å². The molecule has 1 fully saturated rings. The van der Waals surface area contributed by atoms with Gasteiger partial charge >= 0.3 is 0 Å². The summed E-state index contributed by atoms with van der Waals surface area (Å²) in [4.78, 5) is 23.7. The van der Waals surface area contributed by atoms with Crippen LogP contribution in [0.1, 0.15) is 15.9 Å². The fourth-order valence-electron chi connectivity index (χ4n) is 3.10. The molecule has 1 amide bonds. The number of rotatable bonds is 8. The quantitative estimate of drug-likeness (QED) is 0.614. The second kappa shape index (κ2) is 9.90. The standard InChI is InChI=1S/C21H24N2O7S/c1-15-3-4-17(12-20(15)31(26,27)23-7-9-29-10-8-23)22-21(25)14-30-19-6-5-18(28-2)11-16(19)13-24/h3-6,11-13H,7-10,14H2,1-2H3,(H,22,25). The van der Waals surface area contributed by atoms with Crippen molar-refractivity contribution in [3.63, 3.8) is 0 Å². The number of methoxy groups -OCH3 is 1. The highest BCUT2D eigenvalue weighted by molar-refractivity contribution is 7.89. The van der Waals surface area contributed by atoms with Gasteiger partial charge < -0.3 is 19.5 Å². The van der Waals surface area contributed by atoms with Gasteiger partial charge in [0.1, 0.15) is 11.5 Å². The average Bonchev–Trinajstić information content (AvgIpc) is 2.79. The smallest absolute Gasteiger partial charge is 0.262 e. The van der Waals surface area contributed by atoms with E-state index >= 15 is 0 Å². The molecule has 3 rings (SSSR count). The average molecular weight is 448 g/mol. The molecule has 2 aromatic carbocycles. The summed E-state index contributed by atoms with van der Waals surface area (Å²) in [5.74, 6) is 0.240. The summed E-state index contributed by atoms with van der Waals surface area (Å²) in [5, 5.41) is 2.63. The van der Waals surface area contributed by atoms with Crippen molar-refractivity contribution in [1.82, 2.24) is 4.31 Å². The van der Waals surface area contributed by atoms with Gasteiger partial charge in [0.15, 0.2) is 12.9 Å². The van der Waals surface area contributed by atoms with Gasteiger partial charge in [-0.05, 0) is 42.8 Å². The highest BCUT2D eigenvalue weighted by Gasteiger charge is 2.28. The maximum absolute atomic E-state index is 13.0. The van der Waals surface area contributed by atoms with Crippen molar-refractivity contribution in [3.05, 3.63) is 47.5 Å². The number of sulfonamides is 1. The lowest BCUT2D eigenvalue weighted by Gasteiger charge is -2.26. The molecule has 1 aliphatic heterocycles. The van der Waals surface area contributed by atoms with Crippen molar-refractivity contribution >= 4 is 27.9 Å². The monoisotopic (exact) mass is 448 g/mol. The molecule has 10 heteroatoms. The van der Waals surface area contributed by atoms with Crippen molar-refractivity contribution in [1.29, 1.82) is 0 Å². The fraction of sp³-hybridized carbons (Fsp3) is 0.333. The number of anilines is 1. The first-order valence-electron chi connectivity index (χ1n) is 9.59. The first kappa shape index (κ1) is 22.7. The minimum Gasteiger partial charge on any atom is -0.497 e. The number of ether oxygens (including phenoxy) is 3. The molecule has 0 aromatic heterocycles. The largest absolute Gasteiger partial charge is 0.497 e. The molecule has 2 aromatic rings. The lowest BCUT2D eigenvalue weighted by molar-refractivity contribution is -0.118. The van der Waals surface area contributed by atoms with Gasteiger partial charge in [0, 0.05) is 18.8 Å². The number of aryl methyl sites for hydroxylation is 1. The van der Waals surface area contributed by atoms with E-state index in [-0.39, 0.29) is 35.9 Å². The van der Waals surface area contributed by atoms with E-state index in [1.807, 2.05) is 0 Å². The predicted molar refractivity (Wildman–Crippen MR) is 113 cm³/mol. The maximum Gasteiger partial charge on any atom is 0.262 e. The first-order chi connectivity index (χ1) is 14.8. The number of hydrogen-bond donors (Lipinski definition) is 1. The van der Waals surface area contributed by atoms with Gasteiger partial charge in [0.25, 0.3) is 5.91 Å². The summed E-state index contributed by atoms with van der Waals surface area (Å²) >= 11 is 0. The number of carbonyl (C=O) groups is 2. The van der Waals surface area contributed by atoms with Crippen molar-refractivity contribution in [2.45, 2.75) is 11.8 Å². The molecule has 0 aliphatic carbocycles. The molecule has 1 N–H and O–H groups in total. The second-order valence-electron chi connectivity index (χ2n) is 6.86. The summed E-state index contributed by atoms with van der Waals surface area (Å²) in [6.45, 7) is 2.61. The van der Waals surface area contributed by atoms with Crippen molar-refractivity contribution in [2.75, 3.05) is 45.3 Å². The van der Waals surface area contributed by atoms with Crippen LogP contribution in [0.5, 0.6) is 11.5 Å². The van der Waals surface area contributed by atoms with Crippen LogP contribution >= 0.6 is 0 Å². The minimum absolute atomic E-state index is 0.131. The zero-order valence-electron chi connectivity index (χ0n) is 17.3. The Morgan fingerprint density at radius 2 is 1.94 bits per heavy atom. The Labute approximate surface area is 181 Å². The van der Waals surface area contributed by atoms with Crippen molar-refractivity contribution < 1.29 is 32.2 Å². The van der Waals surface area contributed by atoms with Crippen LogP contribution in [0.4, 0.5) is 5.69 Å². The third kappa shape index (κ3) is 5.40. The lowest BCUT2D eigenvalue weighted by atomic mass is 10.2. The van der Waals surface area contributed by atoms with E-state index in [1.165, 1.54) is 29.6 Å². The Morgan fingerprint density at radius 3 is 2.61 bits per heavy atom. The highest BCUT2D eigenvalue weighted by Crippen LogP contribution is 2.25. The summed E-state index contributed by atoms with van der Waals surface area (Å²) in [5.41, 5.74) is 1.16. The van der Waals surface area contributed by atoms with E-state index in [1.54, 1.807) is 25.1 Å². The lowest BCUT2D eigenvalue weighted by Crippen LogP contribution is -2.40. The molecule has 166 valence electrons. The van der Waals surface area contributed by atoms with E-state index in [2.05, 4.69) is 5.32 Å². The number of aldehydes is 1. The molecule has 0 atom stereocenters. The third-order valence-corrected chi connectivity index (χ3v) is 6.80.